The Morgan fingerprint density at radius 2 is 1.50 bits per heavy atom. The van der Waals surface area contributed by atoms with E-state index in [-0.39, 0.29) is 4.90 Å². The maximum Gasteiger partial charge on any atom is 0.573 e. The largest absolute Gasteiger partial charge is 0.573 e. The van der Waals surface area contributed by atoms with Crippen molar-refractivity contribution in [3.05, 3.63) is 59.9 Å². The van der Waals surface area contributed by atoms with E-state index in [0.29, 0.717) is 12.1 Å². The first kappa shape index (κ1) is 22.8. The molecule has 1 aliphatic heterocycles. The predicted octanol–water partition coefficient (Wildman–Crippen LogP) is 3.47. The van der Waals surface area contributed by atoms with Crippen LogP contribution >= 0.6 is 0 Å². The average molecular weight is 465 g/mol. The number of hydrogen-bond donors (Lipinski definition) is 2. The molecule has 0 aromatic heterocycles. The summed E-state index contributed by atoms with van der Waals surface area (Å²) in [6, 6.07) is 4.53. The van der Waals surface area contributed by atoms with Crippen molar-refractivity contribution in [1.82, 2.24) is 10.6 Å². The monoisotopic (exact) mass is 465 g/mol. The Balaban J connectivity index is 1.92. The van der Waals surface area contributed by atoms with E-state index in [1.54, 1.807) is 0 Å². The molecule has 0 aliphatic carbocycles. The summed E-state index contributed by atoms with van der Waals surface area (Å²) in [7, 11) is 0. The third-order valence-corrected chi connectivity index (χ3v) is 4.18. The number of benzene rings is 2. The van der Waals surface area contributed by atoms with Crippen LogP contribution in [0, 0.1) is 5.82 Å². The van der Waals surface area contributed by atoms with Gasteiger partial charge < -0.3 is 10.1 Å². The van der Waals surface area contributed by atoms with Gasteiger partial charge in [-0.15, -0.1) is 13.2 Å². The van der Waals surface area contributed by atoms with Gasteiger partial charge in [0.2, 0.25) is 0 Å². The number of imide groups is 1. The third kappa shape index (κ3) is 4.29. The minimum Gasteiger partial charge on any atom is -0.406 e. The summed E-state index contributed by atoms with van der Waals surface area (Å²) in [5.74, 6) is -4.94. The van der Waals surface area contributed by atoms with Gasteiger partial charge in [0.1, 0.15) is 11.6 Å². The number of nitrogens with one attached hydrogen (secondary N) is 2. The van der Waals surface area contributed by atoms with Crippen LogP contribution in [-0.2, 0) is 4.79 Å². The highest BCUT2D eigenvalue weighted by Gasteiger charge is 2.69. The lowest BCUT2D eigenvalue weighted by Gasteiger charge is -2.29. The average Bonchev–Trinajstić information content (AvgIpc) is 2.92. The molecule has 1 aliphatic rings. The maximum absolute atomic E-state index is 13.8. The number of urea groups is 1. The minimum absolute atomic E-state index is 0.00417. The van der Waals surface area contributed by atoms with Crippen LogP contribution in [0.2, 0.25) is 0 Å². The molecule has 1 fully saturated rings. The first-order valence-electron chi connectivity index (χ1n) is 8.41. The molecule has 1 unspecified atom stereocenters. The Morgan fingerprint density at radius 1 is 0.938 bits per heavy atom. The molecule has 3 rings (SSSR count). The van der Waals surface area contributed by atoms with E-state index >= 15 is 0 Å². The summed E-state index contributed by atoms with van der Waals surface area (Å²) in [6.45, 7) is 0. The van der Waals surface area contributed by atoms with Crippen molar-refractivity contribution in [1.29, 1.82) is 0 Å². The standard InChI is InChI=1S/C18H10F7N3O4/c19-10-3-1-9(2-4-10)13(29)26-16(17(20,21)22)14(30)28(15(31)27-16)11-5-7-12(8-6-11)32-18(23,24)25/h1-8H,(H,26,29)(H,27,31). The zero-order valence-electron chi connectivity index (χ0n) is 15.3. The van der Waals surface area contributed by atoms with Gasteiger partial charge >= 0.3 is 18.6 Å². The summed E-state index contributed by atoms with van der Waals surface area (Å²) >= 11 is 0. The zero-order valence-corrected chi connectivity index (χ0v) is 15.3. The number of hydrogen-bond acceptors (Lipinski definition) is 4. The molecule has 1 heterocycles. The quantitative estimate of drug-likeness (QED) is 0.535. The van der Waals surface area contributed by atoms with Crippen LogP contribution in [0.1, 0.15) is 10.4 Å². The minimum atomic E-state index is -5.52. The van der Waals surface area contributed by atoms with Gasteiger partial charge in [-0.3, -0.25) is 14.9 Å². The van der Waals surface area contributed by atoms with E-state index in [4.69, 9.17) is 0 Å². The molecule has 1 saturated heterocycles. The van der Waals surface area contributed by atoms with Crippen LogP contribution in [-0.4, -0.2) is 36.0 Å². The molecule has 4 amide bonds. The van der Waals surface area contributed by atoms with Crippen LogP contribution in [0.25, 0.3) is 0 Å². The number of rotatable bonds is 4. The second kappa shape index (κ2) is 7.69. The topological polar surface area (TPSA) is 87.7 Å². The molecule has 1 atom stereocenters. The van der Waals surface area contributed by atoms with Crippen molar-refractivity contribution < 1.29 is 49.9 Å². The van der Waals surface area contributed by atoms with Crippen molar-refractivity contribution >= 4 is 23.5 Å². The summed E-state index contributed by atoms with van der Waals surface area (Å²) in [4.78, 5) is 37.1. The molecule has 0 spiro atoms. The van der Waals surface area contributed by atoms with Gasteiger partial charge in [0.15, 0.2) is 0 Å². The summed E-state index contributed by atoms with van der Waals surface area (Å²) in [5, 5.41) is 2.77. The predicted molar refractivity (Wildman–Crippen MR) is 91.8 cm³/mol. The third-order valence-electron chi connectivity index (χ3n) is 4.18. The fourth-order valence-corrected chi connectivity index (χ4v) is 2.75. The van der Waals surface area contributed by atoms with Gasteiger partial charge in [0, 0.05) is 5.56 Å². The number of ether oxygens (including phenoxy) is 1. The summed E-state index contributed by atoms with van der Waals surface area (Å²) in [5.41, 5.74) is -4.84. The molecule has 170 valence electrons. The Kier molecular flexibility index (Phi) is 5.49. The maximum atomic E-state index is 13.8. The smallest absolute Gasteiger partial charge is 0.406 e. The lowest BCUT2D eigenvalue weighted by atomic mass is 10.1. The van der Waals surface area contributed by atoms with E-state index in [1.165, 1.54) is 10.6 Å². The second-order valence-corrected chi connectivity index (χ2v) is 6.32. The lowest BCUT2D eigenvalue weighted by molar-refractivity contribution is -0.274. The van der Waals surface area contributed by atoms with Crippen molar-refractivity contribution in [2.24, 2.45) is 0 Å². The van der Waals surface area contributed by atoms with E-state index in [1.807, 2.05) is 0 Å². The van der Waals surface area contributed by atoms with Crippen molar-refractivity contribution in [3.8, 4) is 5.75 Å². The number of amides is 4. The molecule has 2 aromatic carbocycles. The molecule has 0 radical (unpaired) electrons. The molecule has 2 aromatic rings. The van der Waals surface area contributed by atoms with Crippen LogP contribution in [0.15, 0.2) is 48.5 Å². The molecule has 2 N–H and O–H groups in total. The van der Waals surface area contributed by atoms with Gasteiger partial charge in [0.25, 0.3) is 17.5 Å². The van der Waals surface area contributed by atoms with Crippen LogP contribution in [0.4, 0.5) is 41.2 Å². The molecule has 32 heavy (non-hydrogen) atoms. The number of anilines is 1. The van der Waals surface area contributed by atoms with E-state index in [2.05, 4.69) is 4.74 Å². The van der Waals surface area contributed by atoms with Gasteiger partial charge in [-0.05, 0) is 48.5 Å². The van der Waals surface area contributed by atoms with E-state index < -0.39 is 58.9 Å². The Hall–Kier alpha value is -3.84. The number of alkyl halides is 6. The molecule has 0 bridgehead atoms. The lowest BCUT2D eigenvalue weighted by Crippen LogP contribution is -2.69. The fourth-order valence-electron chi connectivity index (χ4n) is 2.75. The number of halogens is 7. The normalized spacial score (nSPS) is 19.0. The van der Waals surface area contributed by atoms with Crippen molar-refractivity contribution in [2.75, 3.05) is 4.90 Å². The Bertz CT molecular complexity index is 1050. The second-order valence-electron chi connectivity index (χ2n) is 6.32. The van der Waals surface area contributed by atoms with Crippen LogP contribution in [0.5, 0.6) is 5.75 Å². The fraction of sp³-hybridized carbons (Fsp3) is 0.167. The van der Waals surface area contributed by atoms with Gasteiger partial charge in [-0.1, -0.05) is 0 Å². The molecule has 0 saturated carbocycles. The number of nitrogens with zero attached hydrogens (tertiary/aromatic N) is 1. The first-order valence-corrected chi connectivity index (χ1v) is 8.41. The van der Waals surface area contributed by atoms with Crippen LogP contribution < -0.4 is 20.3 Å². The van der Waals surface area contributed by atoms with Gasteiger partial charge in [0.05, 0.1) is 5.69 Å². The SMILES string of the molecule is O=C(NC1(C(F)(F)F)NC(=O)N(c2ccc(OC(F)(F)F)cc2)C1=O)c1ccc(F)cc1. The van der Waals surface area contributed by atoms with E-state index in [0.717, 1.165) is 36.4 Å². The molecular formula is C18H10F7N3O4. The van der Waals surface area contributed by atoms with E-state index in [9.17, 15) is 45.1 Å². The Morgan fingerprint density at radius 3 is 2.00 bits per heavy atom. The van der Waals surface area contributed by atoms with Gasteiger partial charge in [-0.2, -0.15) is 13.2 Å². The zero-order chi connectivity index (χ0) is 23.9. The van der Waals surface area contributed by atoms with Crippen LogP contribution in [0.3, 0.4) is 0 Å². The highest BCUT2D eigenvalue weighted by atomic mass is 19.4. The van der Waals surface area contributed by atoms with Crippen molar-refractivity contribution in [3.63, 3.8) is 0 Å². The van der Waals surface area contributed by atoms with Crippen molar-refractivity contribution in [2.45, 2.75) is 18.2 Å². The number of carbonyl (C=O) groups is 3. The molecule has 7 nitrogen and oxygen atoms in total. The van der Waals surface area contributed by atoms with Gasteiger partial charge in [-0.25, -0.2) is 14.1 Å². The highest BCUT2D eigenvalue weighted by molar-refractivity contribution is 6.24. The highest BCUT2D eigenvalue weighted by Crippen LogP contribution is 2.36. The number of carbonyl (C=O) groups excluding carboxylic acids is 3. The first-order chi connectivity index (χ1) is 14.7. The molecule has 14 heteroatoms. The Labute approximate surface area is 173 Å². The molecular weight excluding hydrogens is 455 g/mol. The summed E-state index contributed by atoms with van der Waals surface area (Å²) < 4.78 is 94.9. The summed E-state index contributed by atoms with van der Waals surface area (Å²) in [6.07, 6.45) is -10.6.